The van der Waals surface area contributed by atoms with Crippen LogP contribution in [0, 0.1) is 0 Å². The van der Waals surface area contributed by atoms with Crippen LogP contribution in [0.4, 0.5) is 0 Å². The molecule has 0 fully saturated rings. The first-order valence-corrected chi connectivity index (χ1v) is 4.53. The molecule has 0 spiro atoms. The molecule has 0 amide bonds. The highest BCUT2D eigenvalue weighted by atomic mass is 14.7. The Hall–Kier alpha value is -0.820. The minimum atomic E-state index is 0.0222. The maximum absolute atomic E-state index is 6.09. The van der Waals surface area contributed by atoms with Gasteiger partial charge in [-0.05, 0) is 37.3 Å². The van der Waals surface area contributed by atoms with E-state index in [0.717, 1.165) is 19.3 Å². The average molecular weight is 161 g/mol. The van der Waals surface area contributed by atoms with Gasteiger partial charge in [0.1, 0.15) is 0 Å². The standard InChI is InChI=1S/C11H15N/c1-11(12)7-6-9-4-2-3-5-10(9)8-11/h2-5H,6-8,12H2,1H3/t11-/m1/s1. The van der Waals surface area contributed by atoms with Crippen molar-refractivity contribution in [1.29, 1.82) is 0 Å². The lowest BCUT2D eigenvalue weighted by Crippen LogP contribution is -2.41. The Labute approximate surface area is 73.6 Å². The monoisotopic (exact) mass is 161 g/mol. The number of fused-ring (bicyclic) bond motifs is 1. The van der Waals surface area contributed by atoms with Gasteiger partial charge in [0.15, 0.2) is 0 Å². The van der Waals surface area contributed by atoms with Gasteiger partial charge in [-0.15, -0.1) is 0 Å². The lowest BCUT2D eigenvalue weighted by atomic mass is 9.80. The van der Waals surface area contributed by atoms with Crippen LogP contribution in [0.25, 0.3) is 0 Å². The molecule has 1 aromatic carbocycles. The van der Waals surface area contributed by atoms with E-state index in [1.807, 2.05) is 0 Å². The normalized spacial score (nSPS) is 28.2. The van der Waals surface area contributed by atoms with Gasteiger partial charge in [-0.3, -0.25) is 0 Å². The summed E-state index contributed by atoms with van der Waals surface area (Å²) in [5.74, 6) is 0. The number of hydrogen-bond donors (Lipinski definition) is 1. The summed E-state index contributed by atoms with van der Waals surface area (Å²) in [7, 11) is 0. The third-order valence-corrected chi connectivity index (χ3v) is 2.68. The van der Waals surface area contributed by atoms with Crippen LogP contribution in [-0.2, 0) is 12.8 Å². The third kappa shape index (κ3) is 1.37. The molecule has 1 aliphatic rings. The van der Waals surface area contributed by atoms with Gasteiger partial charge in [-0.25, -0.2) is 0 Å². The second-order valence-electron chi connectivity index (χ2n) is 4.10. The summed E-state index contributed by atoms with van der Waals surface area (Å²) in [6, 6.07) is 8.61. The summed E-state index contributed by atoms with van der Waals surface area (Å²) < 4.78 is 0. The molecule has 1 nitrogen and oxygen atoms in total. The summed E-state index contributed by atoms with van der Waals surface area (Å²) >= 11 is 0. The maximum Gasteiger partial charge on any atom is 0.0169 e. The second kappa shape index (κ2) is 2.60. The van der Waals surface area contributed by atoms with Crippen LogP contribution in [0.1, 0.15) is 24.5 Å². The van der Waals surface area contributed by atoms with Crippen molar-refractivity contribution in [3.63, 3.8) is 0 Å². The number of aryl methyl sites for hydroxylation is 1. The van der Waals surface area contributed by atoms with Crippen molar-refractivity contribution in [2.75, 3.05) is 0 Å². The van der Waals surface area contributed by atoms with E-state index in [-0.39, 0.29) is 5.54 Å². The van der Waals surface area contributed by atoms with E-state index < -0.39 is 0 Å². The van der Waals surface area contributed by atoms with E-state index in [4.69, 9.17) is 5.73 Å². The lowest BCUT2D eigenvalue weighted by Gasteiger charge is -2.30. The van der Waals surface area contributed by atoms with E-state index in [9.17, 15) is 0 Å². The van der Waals surface area contributed by atoms with Crippen LogP contribution >= 0.6 is 0 Å². The van der Waals surface area contributed by atoms with Crippen LogP contribution in [0.2, 0.25) is 0 Å². The van der Waals surface area contributed by atoms with Gasteiger partial charge in [0, 0.05) is 5.54 Å². The fraction of sp³-hybridized carbons (Fsp3) is 0.455. The highest BCUT2D eigenvalue weighted by Crippen LogP contribution is 2.26. The Balaban J connectivity index is 2.35. The highest BCUT2D eigenvalue weighted by molar-refractivity contribution is 5.31. The van der Waals surface area contributed by atoms with Crippen molar-refractivity contribution in [1.82, 2.24) is 0 Å². The SMILES string of the molecule is C[C@@]1(N)CCc2ccccc2C1. The van der Waals surface area contributed by atoms with Crippen molar-refractivity contribution in [2.45, 2.75) is 31.7 Å². The molecule has 2 rings (SSSR count). The van der Waals surface area contributed by atoms with Crippen LogP contribution in [-0.4, -0.2) is 5.54 Å². The summed E-state index contributed by atoms with van der Waals surface area (Å²) in [4.78, 5) is 0. The first-order valence-electron chi connectivity index (χ1n) is 4.53. The predicted molar refractivity (Wildman–Crippen MR) is 51.1 cm³/mol. The number of hydrogen-bond acceptors (Lipinski definition) is 1. The molecule has 0 unspecified atom stereocenters. The summed E-state index contributed by atoms with van der Waals surface area (Å²) in [5.41, 5.74) is 9.04. The molecule has 1 aliphatic carbocycles. The summed E-state index contributed by atoms with van der Waals surface area (Å²) in [6.45, 7) is 2.14. The predicted octanol–water partition coefficient (Wildman–Crippen LogP) is 1.89. The molecule has 12 heavy (non-hydrogen) atoms. The van der Waals surface area contributed by atoms with Crippen molar-refractivity contribution in [2.24, 2.45) is 5.73 Å². The Morgan fingerprint density at radius 3 is 2.67 bits per heavy atom. The van der Waals surface area contributed by atoms with Gasteiger partial charge >= 0.3 is 0 Å². The van der Waals surface area contributed by atoms with Crippen molar-refractivity contribution in [3.8, 4) is 0 Å². The molecule has 64 valence electrons. The Morgan fingerprint density at radius 2 is 1.92 bits per heavy atom. The average Bonchev–Trinajstić information content (AvgIpc) is 2.02. The molecule has 1 atom stereocenters. The van der Waals surface area contributed by atoms with Gasteiger partial charge in [0.25, 0.3) is 0 Å². The fourth-order valence-corrected chi connectivity index (χ4v) is 1.92. The van der Waals surface area contributed by atoms with Gasteiger partial charge in [-0.2, -0.15) is 0 Å². The first kappa shape index (κ1) is 7.81. The Morgan fingerprint density at radius 1 is 1.25 bits per heavy atom. The van der Waals surface area contributed by atoms with Crippen molar-refractivity contribution < 1.29 is 0 Å². The zero-order valence-electron chi connectivity index (χ0n) is 7.51. The smallest absolute Gasteiger partial charge is 0.0169 e. The number of nitrogens with two attached hydrogens (primary N) is 1. The zero-order chi connectivity index (χ0) is 8.60. The van der Waals surface area contributed by atoms with Crippen LogP contribution in [0.15, 0.2) is 24.3 Å². The van der Waals surface area contributed by atoms with Crippen molar-refractivity contribution >= 4 is 0 Å². The highest BCUT2D eigenvalue weighted by Gasteiger charge is 2.24. The molecule has 0 saturated carbocycles. The molecule has 0 aromatic heterocycles. The van der Waals surface area contributed by atoms with E-state index in [0.29, 0.717) is 0 Å². The third-order valence-electron chi connectivity index (χ3n) is 2.68. The Bertz CT molecular complexity index is 289. The molecule has 0 bridgehead atoms. The minimum Gasteiger partial charge on any atom is -0.325 e. The van der Waals surface area contributed by atoms with Gasteiger partial charge in [-0.1, -0.05) is 24.3 Å². The van der Waals surface area contributed by atoms with Gasteiger partial charge in [0.05, 0.1) is 0 Å². The zero-order valence-corrected chi connectivity index (χ0v) is 7.51. The molecule has 1 heteroatoms. The number of rotatable bonds is 0. The maximum atomic E-state index is 6.09. The van der Waals surface area contributed by atoms with Crippen LogP contribution in [0.5, 0.6) is 0 Å². The summed E-state index contributed by atoms with van der Waals surface area (Å²) in [6.07, 6.45) is 3.29. The number of benzene rings is 1. The van der Waals surface area contributed by atoms with Crippen LogP contribution < -0.4 is 5.73 Å². The van der Waals surface area contributed by atoms with E-state index in [1.54, 1.807) is 0 Å². The Kier molecular flexibility index (Phi) is 1.69. The molecular formula is C11H15N. The summed E-state index contributed by atoms with van der Waals surface area (Å²) in [5, 5.41) is 0. The largest absolute Gasteiger partial charge is 0.325 e. The molecule has 2 N–H and O–H groups in total. The second-order valence-corrected chi connectivity index (χ2v) is 4.10. The first-order chi connectivity index (χ1) is 5.67. The molecule has 0 heterocycles. The molecule has 0 radical (unpaired) electrons. The van der Waals surface area contributed by atoms with Gasteiger partial charge < -0.3 is 5.73 Å². The van der Waals surface area contributed by atoms with E-state index >= 15 is 0 Å². The molecular weight excluding hydrogens is 146 g/mol. The lowest BCUT2D eigenvalue weighted by molar-refractivity contribution is 0.409. The topological polar surface area (TPSA) is 26.0 Å². The van der Waals surface area contributed by atoms with Crippen molar-refractivity contribution in [3.05, 3.63) is 35.4 Å². The van der Waals surface area contributed by atoms with E-state index in [1.165, 1.54) is 11.1 Å². The van der Waals surface area contributed by atoms with E-state index in [2.05, 4.69) is 31.2 Å². The quantitative estimate of drug-likeness (QED) is 0.618. The van der Waals surface area contributed by atoms with Gasteiger partial charge in [0.2, 0.25) is 0 Å². The molecule has 1 aromatic rings. The minimum absolute atomic E-state index is 0.0222. The molecule has 0 saturated heterocycles. The molecule has 0 aliphatic heterocycles. The fourth-order valence-electron chi connectivity index (χ4n) is 1.92. The van der Waals surface area contributed by atoms with Crippen LogP contribution in [0.3, 0.4) is 0 Å².